The summed E-state index contributed by atoms with van der Waals surface area (Å²) in [5, 5.41) is 0. The Morgan fingerprint density at radius 3 is 2.47 bits per heavy atom. The first-order valence-corrected chi connectivity index (χ1v) is 9.38. The van der Waals surface area contributed by atoms with Crippen LogP contribution in [0.4, 0.5) is 0 Å². The maximum atomic E-state index is 11.1. The topological polar surface area (TPSA) is 46.1 Å². The predicted molar refractivity (Wildman–Crippen MR) is 69.8 cm³/mol. The normalized spacial score (nSPS) is 11.0. The van der Waals surface area contributed by atoms with Crippen molar-refractivity contribution in [3.8, 4) is 0 Å². The number of rotatable bonds is 6. The molecule has 0 amide bonds. The molecule has 0 aliphatic carbocycles. The summed E-state index contributed by atoms with van der Waals surface area (Å²) >= 11 is 5.23. The van der Waals surface area contributed by atoms with Gasteiger partial charge in [0.05, 0.1) is 0 Å². The zero-order chi connectivity index (χ0) is 12.0. The van der Waals surface area contributed by atoms with Crippen LogP contribution in [0.3, 0.4) is 0 Å². The Balaban J connectivity index is 0.00000256. The SMILES string of the molecule is CCCCCc1ccccc1SP([O-])([O-])=S.[Zn+2]. The molecular formula is C11H15O2PS2Zn. The van der Waals surface area contributed by atoms with Gasteiger partial charge in [0.15, 0.2) is 0 Å². The Morgan fingerprint density at radius 1 is 1.24 bits per heavy atom. The molecule has 0 radical (unpaired) electrons. The van der Waals surface area contributed by atoms with Gasteiger partial charge in [-0.05, 0) is 24.5 Å². The summed E-state index contributed by atoms with van der Waals surface area (Å²) in [6.45, 7) is 2.15. The van der Waals surface area contributed by atoms with Gasteiger partial charge in [0.2, 0.25) is 0 Å². The van der Waals surface area contributed by atoms with E-state index in [2.05, 4.69) is 18.7 Å². The van der Waals surface area contributed by atoms with Crippen LogP contribution in [0, 0.1) is 0 Å². The van der Waals surface area contributed by atoms with E-state index in [0.29, 0.717) is 0 Å². The second-order valence-corrected chi connectivity index (χ2v) is 9.25. The molecule has 0 fully saturated rings. The van der Waals surface area contributed by atoms with Gasteiger partial charge in [-0.25, -0.2) is 0 Å². The fourth-order valence-corrected chi connectivity index (χ4v) is 4.13. The zero-order valence-corrected chi connectivity index (χ0v) is 15.4. The van der Waals surface area contributed by atoms with Gasteiger partial charge in [-0.3, -0.25) is 0 Å². The van der Waals surface area contributed by atoms with Gasteiger partial charge in [0, 0.05) is 4.90 Å². The maximum absolute atomic E-state index is 11.1. The second-order valence-electron chi connectivity index (χ2n) is 3.60. The molecule has 0 N–H and O–H groups in total. The molecule has 0 saturated carbocycles. The third-order valence-corrected chi connectivity index (χ3v) is 4.98. The summed E-state index contributed by atoms with van der Waals surface area (Å²) in [6, 6.07) is 7.58. The molecule has 6 heteroatoms. The maximum Gasteiger partial charge on any atom is 2.00 e. The number of unbranched alkanes of at least 4 members (excludes halogenated alkanes) is 2. The number of hydrogen-bond acceptors (Lipinski definition) is 4. The monoisotopic (exact) mass is 338 g/mol. The molecule has 90 valence electrons. The first kappa shape index (κ1) is 17.8. The summed E-state index contributed by atoms with van der Waals surface area (Å²) in [5.74, 6) is 0. The van der Waals surface area contributed by atoms with Crippen molar-refractivity contribution in [2.24, 2.45) is 0 Å². The average Bonchev–Trinajstić information content (AvgIpc) is 2.19. The second kappa shape index (κ2) is 8.79. The Hall–Kier alpha value is 0.763. The van der Waals surface area contributed by atoms with Crippen LogP contribution in [0.15, 0.2) is 29.2 Å². The Kier molecular flexibility index (Phi) is 9.19. The minimum atomic E-state index is -3.70. The van der Waals surface area contributed by atoms with Crippen LogP contribution < -0.4 is 9.79 Å². The molecule has 0 aliphatic heterocycles. The van der Waals surface area contributed by atoms with Crippen LogP contribution in [0.5, 0.6) is 0 Å². The Bertz CT molecular complexity index is 381. The van der Waals surface area contributed by atoms with E-state index in [9.17, 15) is 9.79 Å². The summed E-state index contributed by atoms with van der Waals surface area (Å²) < 4.78 is 0. The van der Waals surface area contributed by atoms with Crippen LogP contribution in [0.25, 0.3) is 0 Å². The quantitative estimate of drug-likeness (QED) is 0.454. The van der Waals surface area contributed by atoms with Crippen molar-refractivity contribution >= 4 is 28.9 Å². The van der Waals surface area contributed by atoms with E-state index in [-0.39, 0.29) is 19.5 Å². The third kappa shape index (κ3) is 7.71. The molecule has 0 aliphatic rings. The van der Waals surface area contributed by atoms with E-state index in [1.807, 2.05) is 24.3 Å². The van der Waals surface area contributed by atoms with Gasteiger partial charge in [-0.15, -0.1) is 23.2 Å². The Morgan fingerprint density at radius 2 is 1.88 bits per heavy atom. The largest absolute Gasteiger partial charge is 2.00 e. The van der Waals surface area contributed by atoms with Crippen molar-refractivity contribution in [1.29, 1.82) is 0 Å². The van der Waals surface area contributed by atoms with Gasteiger partial charge in [-0.1, -0.05) is 38.0 Å². The smallest absolute Gasteiger partial charge is 0.824 e. The predicted octanol–water partition coefficient (Wildman–Crippen LogP) is 2.45. The molecule has 2 nitrogen and oxygen atoms in total. The fraction of sp³-hybridized carbons (Fsp3) is 0.455. The number of hydrogen-bond donors (Lipinski definition) is 0. The van der Waals surface area contributed by atoms with Gasteiger partial charge in [0.25, 0.3) is 0 Å². The van der Waals surface area contributed by atoms with Gasteiger partial charge in [0.1, 0.15) is 0 Å². The third-order valence-electron chi connectivity index (χ3n) is 2.23. The number of aryl methyl sites for hydroxylation is 1. The van der Waals surface area contributed by atoms with E-state index in [1.54, 1.807) is 0 Å². The van der Waals surface area contributed by atoms with Gasteiger partial charge >= 0.3 is 19.5 Å². The van der Waals surface area contributed by atoms with Crippen LogP contribution >= 0.6 is 17.1 Å². The zero-order valence-electron chi connectivity index (χ0n) is 9.93. The van der Waals surface area contributed by atoms with Crippen molar-refractivity contribution in [3.63, 3.8) is 0 Å². The molecule has 0 unspecified atom stereocenters. The molecule has 0 bridgehead atoms. The van der Waals surface area contributed by atoms with Crippen molar-refractivity contribution in [1.82, 2.24) is 0 Å². The van der Waals surface area contributed by atoms with E-state index >= 15 is 0 Å². The molecule has 0 aromatic heterocycles. The summed E-state index contributed by atoms with van der Waals surface area (Å²) in [7, 11) is 0. The van der Waals surface area contributed by atoms with Crippen molar-refractivity contribution in [3.05, 3.63) is 29.8 Å². The average molecular weight is 340 g/mol. The van der Waals surface area contributed by atoms with E-state index < -0.39 is 5.69 Å². The van der Waals surface area contributed by atoms with E-state index in [4.69, 9.17) is 0 Å². The van der Waals surface area contributed by atoms with Crippen molar-refractivity contribution in [2.45, 2.75) is 37.5 Å². The first-order chi connectivity index (χ1) is 7.53. The summed E-state index contributed by atoms with van der Waals surface area (Å²) in [5.41, 5.74) is -2.62. The molecule has 0 heterocycles. The van der Waals surface area contributed by atoms with Crippen molar-refractivity contribution in [2.75, 3.05) is 0 Å². The summed E-state index contributed by atoms with van der Waals surface area (Å²) in [4.78, 5) is 23.0. The summed E-state index contributed by atoms with van der Waals surface area (Å²) in [6.07, 6.45) is 4.35. The molecule has 0 atom stereocenters. The molecule has 1 rings (SSSR count). The molecule has 0 spiro atoms. The van der Waals surface area contributed by atoms with Crippen LogP contribution in [0.2, 0.25) is 0 Å². The van der Waals surface area contributed by atoms with Crippen LogP contribution in [-0.2, 0) is 37.7 Å². The van der Waals surface area contributed by atoms with E-state index in [1.165, 1.54) is 6.42 Å². The minimum absolute atomic E-state index is 0. The molecule has 1 aromatic carbocycles. The van der Waals surface area contributed by atoms with Gasteiger partial charge < -0.3 is 9.79 Å². The Labute approximate surface area is 125 Å². The first-order valence-electron chi connectivity index (χ1n) is 5.32. The van der Waals surface area contributed by atoms with Gasteiger partial charge in [-0.2, -0.15) is 5.69 Å². The van der Waals surface area contributed by atoms with Crippen molar-refractivity contribution < 1.29 is 29.3 Å². The molecular weight excluding hydrogens is 325 g/mol. The number of benzene rings is 1. The molecule has 17 heavy (non-hydrogen) atoms. The van der Waals surface area contributed by atoms with Crippen LogP contribution in [-0.4, -0.2) is 0 Å². The molecule has 0 saturated heterocycles. The standard InChI is InChI=1S/C11H17O2PS2.Zn/c1-2-3-4-7-10-8-5-6-9-11(10)16-14(12,13)15;/h5-6,8-9H,2-4,7H2,1H3,(H2,12,13,15);/q;+2/p-2. The van der Waals surface area contributed by atoms with E-state index in [0.717, 1.165) is 41.1 Å². The van der Waals surface area contributed by atoms with Crippen LogP contribution in [0.1, 0.15) is 31.7 Å². The molecule has 1 aromatic rings. The minimum Gasteiger partial charge on any atom is -0.824 e. The fourth-order valence-electron chi connectivity index (χ4n) is 1.49.